The minimum absolute atomic E-state index is 0.150. The van der Waals surface area contributed by atoms with E-state index < -0.39 is 5.97 Å². The molecule has 3 nitrogen and oxygen atoms in total. The lowest BCUT2D eigenvalue weighted by Crippen LogP contribution is -2.34. The number of carboxylic acids is 1. The summed E-state index contributed by atoms with van der Waals surface area (Å²) in [4.78, 5) is 11.9. The fourth-order valence-corrected chi connectivity index (χ4v) is 5.47. The summed E-state index contributed by atoms with van der Waals surface area (Å²) in [5, 5.41) is 10.7. The monoisotopic (exact) mass is 394 g/mol. The first-order valence-corrected chi connectivity index (χ1v) is 10.6. The number of carboxylic acid groups (broad SMARTS) is 1. The molecule has 1 aliphatic carbocycles. The first-order chi connectivity index (χ1) is 13.0. The lowest BCUT2D eigenvalue weighted by Gasteiger charge is -2.42. The van der Waals surface area contributed by atoms with Crippen LogP contribution in [0.5, 0.6) is 5.75 Å². The molecule has 1 aromatic heterocycles. The maximum atomic E-state index is 10.7. The van der Waals surface area contributed by atoms with Gasteiger partial charge in [0.1, 0.15) is 12.4 Å². The van der Waals surface area contributed by atoms with Gasteiger partial charge in [-0.15, -0.1) is 11.3 Å². The summed E-state index contributed by atoms with van der Waals surface area (Å²) in [5.41, 5.74) is 4.89. The van der Waals surface area contributed by atoms with Crippen LogP contribution in [0.25, 0.3) is 0 Å². The number of ether oxygens (including phenoxy) is 1. The van der Waals surface area contributed by atoms with Gasteiger partial charge in [-0.2, -0.15) is 0 Å². The van der Waals surface area contributed by atoms with Gasteiger partial charge < -0.3 is 9.84 Å². The van der Waals surface area contributed by atoms with Crippen molar-refractivity contribution >= 4 is 17.3 Å². The van der Waals surface area contributed by atoms with E-state index in [-0.39, 0.29) is 16.2 Å². The second-order valence-corrected chi connectivity index (χ2v) is 10.4. The Morgan fingerprint density at radius 1 is 1.04 bits per heavy atom. The first-order valence-electron chi connectivity index (χ1n) is 9.69. The number of fused-ring (bicyclic) bond motifs is 2. The minimum atomic E-state index is -1.11. The van der Waals surface area contributed by atoms with Crippen molar-refractivity contribution < 1.29 is 14.6 Å². The molecule has 4 heteroatoms. The van der Waals surface area contributed by atoms with E-state index >= 15 is 0 Å². The summed E-state index contributed by atoms with van der Waals surface area (Å²) in [7, 11) is 0. The SMILES string of the molecule is CC1(C)CCC(C)(C)c2cc3c(cc21)OCC3(C)c1cc(C#CC(=O)O)cs1. The van der Waals surface area contributed by atoms with Crippen LogP contribution in [0.2, 0.25) is 0 Å². The number of rotatable bonds is 1. The van der Waals surface area contributed by atoms with Crippen LogP contribution < -0.4 is 4.74 Å². The number of hydrogen-bond acceptors (Lipinski definition) is 3. The molecule has 1 aliphatic heterocycles. The molecule has 0 saturated carbocycles. The van der Waals surface area contributed by atoms with Crippen LogP contribution in [-0.4, -0.2) is 17.7 Å². The van der Waals surface area contributed by atoms with Crippen molar-refractivity contribution in [2.75, 3.05) is 6.61 Å². The van der Waals surface area contributed by atoms with Gasteiger partial charge in [-0.3, -0.25) is 0 Å². The number of benzene rings is 1. The Balaban J connectivity index is 1.82. The largest absolute Gasteiger partial charge is 0.492 e. The Labute approximate surface area is 170 Å². The zero-order valence-corrected chi connectivity index (χ0v) is 17.9. The van der Waals surface area contributed by atoms with Crippen molar-refractivity contribution in [1.29, 1.82) is 0 Å². The Morgan fingerprint density at radius 3 is 2.32 bits per heavy atom. The molecule has 2 aliphatic rings. The van der Waals surface area contributed by atoms with Crippen molar-refractivity contribution in [3.63, 3.8) is 0 Å². The zero-order valence-electron chi connectivity index (χ0n) is 17.1. The Bertz CT molecular complexity index is 1030. The molecule has 2 heterocycles. The van der Waals surface area contributed by atoms with E-state index in [1.807, 2.05) is 11.4 Å². The molecule has 146 valence electrons. The molecule has 1 unspecified atom stereocenters. The Hall–Kier alpha value is -2.25. The van der Waals surface area contributed by atoms with Crippen LogP contribution in [0.1, 0.15) is 74.6 Å². The van der Waals surface area contributed by atoms with Gasteiger partial charge in [-0.05, 0) is 53.9 Å². The van der Waals surface area contributed by atoms with Crippen LogP contribution in [0.4, 0.5) is 0 Å². The molecule has 0 saturated heterocycles. The van der Waals surface area contributed by atoms with E-state index in [2.05, 4.69) is 58.6 Å². The van der Waals surface area contributed by atoms with E-state index in [1.54, 1.807) is 11.3 Å². The van der Waals surface area contributed by atoms with Gasteiger partial charge in [0.2, 0.25) is 0 Å². The van der Waals surface area contributed by atoms with Crippen molar-refractivity contribution in [2.45, 2.75) is 63.7 Å². The average Bonchev–Trinajstić information content (AvgIpc) is 3.23. The highest BCUT2D eigenvalue weighted by molar-refractivity contribution is 7.10. The highest BCUT2D eigenvalue weighted by Crippen LogP contribution is 2.52. The molecule has 1 atom stereocenters. The molecule has 0 amide bonds. The molecular weight excluding hydrogens is 368 g/mol. The second-order valence-electron chi connectivity index (χ2n) is 9.54. The summed E-state index contributed by atoms with van der Waals surface area (Å²) in [6.07, 6.45) is 2.36. The standard InChI is InChI=1S/C24H26O3S/c1-22(2)8-9-23(3,4)17-12-19-18(11-16(17)22)24(5,14-27-19)20-10-15(13-28-20)6-7-21(25)26/h10-13H,8-9,14H2,1-5H3,(H,25,26). The average molecular weight is 395 g/mol. The number of thiophene rings is 1. The summed E-state index contributed by atoms with van der Waals surface area (Å²) >= 11 is 1.62. The third kappa shape index (κ3) is 2.93. The van der Waals surface area contributed by atoms with Crippen molar-refractivity contribution in [1.82, 2.24) is 0 Å². The maximum absolute atomic E-state index is 10.7. The van der Waals surface area contributed by atoms with Crippen molar-refractivity contribution in [3.05, 3.63) is 50.7 Å². The lowest BCUT2D eigenvalue weighted by molar-refractivity contribution is -0.130. The fraction of sp³-hybridized carbons (Fsp3) is 0.458. The van der Waals surface area contributed by atoms with Gasteiger partial charge in [0.25, 0.3) is 0 Å². The van der Waals surface area contributed by atoms with Gasteiger partial charge in [-0.1, -0.05) is 39.7 Å². The van der Waals surface area contributed by atoms with Gasteiger partial charge in [0.15, 0.2) is 0 Å². The highest BCUT2D eigenvalue weighted by atomic mass is 32.1. The van der Waals surface area contributed by atoms with E-state index in [9.17, 15) is 4.79 Å². The third-order valence-corrected chi connectivity index (χ3v) is 7.71. The number of carbonyl (C=O) groups is 1. The summed E-state index contributed by atoms with van der Waals surface area (Å²) in [6, 6.07) is 6.66. The Morgan fingerprint density at radius 2 is 1.68 bits per heavy atom. The van der Waals surface area contributed by atoms with E-state index in [0.717, 1.165) is 16.2 Å². The third-order valence-electron chi connectivity index (χ3n) is 6.52. The maximum Gasteiger partial charge on any atom is 0.382 e. The van der Waals surface area contributed by atoms with Gasteiger partial charge in [-0.25, -0.2) is 4.79 Å². The molecular formula is C24H26O3S. The number of aliphatic carboxylic acids is 1. The second kappa shape index (κ2) is 6.12. The Kier molecular flexibility index (Phi) is 4.17. The summed E-state index contributed by atoms with van der Waals surface area (Å²) < 4.78 is 6.18. The summed E-state index contributed by atoms with van der Waals surface area (Å²) in [5.74, 6) is 4.80. The van der Waals surface area contributed by atoms with E-state index in [4.69, 9.17) is 9.84 Å². The van der Waals surface area contributed by atoms with Crippen LogP contribution in [0, 0.1) is 11.8 Å². The fourth-order valence-electron chi connectivity index (χ4n) is 4.47. The molecule has 0 spiro atoms. The molecule has 2 aromatic rings. The quantitative estimate of drug-likeness (QED) is 0.674. The first kappa shape index (κ1) is 19.1. The van der Waals surface area contributed by atoms with Gasteiger partial charge >= 0.3 is 5.97 Å². The van der Waals surface area contributed by atoms with Crippen LogP contribution in [-0.2, 0) is 21.0 Å². The molecule has 0 radical (unpaired) electrons. The molecule has 4 rings (SSSR count). The predicted molar refractivity (Wildman–Crippen MR) is 113 cm³/mol. The van der Waals surface area contributed by atoms with Crippen molar-refractivity contribution in [2.24, 2.45) is 0 Å². The summed E-state index contributed by atoms with van der Waals surface area (Å²) in [6.45, 7) is 12.1. The van der Waals surface area contributed by atoms with E-state index in [1.165, 1.54) is 29.5 Å². The van der Waals surface area contributed by atoms with Crippen LogP contribution in [0.3, 0.4) is 0 Å². The zero-order chi connectivity index (χ0) is 20.3. The minimum Gasteiger partial charge on any atom is -0.492 e. The lowest BCUT2D eigenvalue weighted by atomic mass is 9.62. The highest BCUT2D eigenvalue weighted by Gasteiger charge is 2.44. The molecule has 28 heavy (non-hydrogen) atoms. The predicted octanol–water partition coefficient (Wildman–Crippen LogP) is 5.23. The molecule has 0 fully saturated rings. The molecule has 1 N–H and O–H groups in total. The topological polar surface area (TPSA) is 46.5 Å². The van der Waals surface area contributed by atoms with E-state index in [0.29, 0.717) is 6.61 Å². The smallest absolute Gasteiger partial charge is 0.382 e. The van der Waals surface area contributed by atoms with Crippen LogP contribution in [0.15, 0.2) is 23.6 Å². The van der Waals surface area contributed by atoms with Crippen molar-refractivity contribution in [3.8, 4) is 17.6 Å². The molecule has 0 bridgehead atoms. The van der Waals surface area contributed by atoms with Gasteiger partial charge in [0, 0.05) is 27.3 Å². The van der Waals surface area contributed by atoms with Gasteiger partial charge in [0.05, 0.1) is 5.41 Å². The van der Waals surface area contributed by atoms with Crippen LogP contribution >= 0.6 is 11.3 Å². The number of hydrogen-bond donors (Lipinski definition) is 1. The normalized spacial score (nSPS) is 23.8. The molecule has 1 aromatic carbocycles.